The van der Waals surface area contributed by atoms with E-state index in [0.717, 1.165) is 49.2 Å². The lowest BCUT2D eigenvalue weighted by Gasteiger charge is -2.39. The second-order valence-electron chi connectivity index (χ2n) is 7.35. The zero-order valence-corrected chi connectivity index (χ0v) is 14.7. The van der Waals surface area contributed by atoms with Crippen LogP contribution in [0.25, 0.3) is 0 Å². The first kappa shape index (κ1) is 17.3. The third kappa shape index (κ3) is 4.53. The Morgan fingerprint density at radius 2 is 1.88 bits per heavy atom. The number of carbonyl (C=O) groups is 1. The number of nitrogens with zero attached hydrogens (tertiary/aromatic N) is 3. The molecular formula is C19H29N3O2. The van der Waals surface area contributed by atoms with E-state index >= 15 is 0 Å². The molecule has 0 aromatic carbocycles. The van der Waals surface area contributed by atoms with E-state index < -0.39 is 5.97 Å². The van der Waals surface area contributed by atoms with Crippen molar-refractivity contribution < 1.29 is 9.90 Å². The Kier molecular flexibility index (Phi) is 5.82. The number of aromatic nitrogens is 2. The molecule has 5 heteroatoms. The van der Waals surface area contributed by atoms with Gasteiger partial charge < -0.3 is 10.0 Å². The molecular weight excluding hydrogens is 302 g/mol. The molecule has 1 aliphatic carbocycles. The Bertz CT molecular complexity index is 562. The minimum Gasteiger partial charge on any atom is -0.481 e. The van der Waals surface area contributed by atoms with Crippen molar-refractivity contribution in [2.45, 2.75) is 76.7 Å². The van der Waals surface area contributed by atoms with E-state index in [9.17, 15) is 4.79 Å². The van der Waals surface area contributed by atoms with Crippen LogP contribution < -0.4 is 0 Å². The molecule has 5 nitrogen and oxygen atoms in total. The van der Waals surface area contributed by atoms with Crippen LogP contribution in [0.15, 0.2) is 6.07 Å². The third-order valence-electron chi connectivity index (χ3n) is 5.51. The van der Waals surface area contributed by atoms with Gasteiger partial charge in [0.15, 0.2) is 0 Å². The van der Waals surface area contributed by atoms with Crippen LogP contribution in [0, 0.1) is 6.92 Å². The van der Waals surface area contributed by atoms with Crippen LogP contribution in [-0.2, 0) is 11.2 Å². The van der Waals surface area contributed by atoms with Crippen molar-refractivity contribution in [3.05, 3.63) is 23.3 Å². The van der Waals surface area contributed by atoms with Gasteiger partial charge in [0.25, 0.3) is 0 Å². The average Bonchev–Trinajstić information content (AvgIpc) is 2.60. The summed E-state index contributed by atoms with van der Waals surface area (Å²) in [5.74, 6) is 0.584. The Hall–Kier alpha value is -1.49. The number of carboxylic acids is 1. The number of likely N-dealkylation sites (tertiary alicyclic amines) is 1. The summed E-state index contributed by atoms with van der Waals surface area (Å²) < 4.78 is 0. The Morgan fingerprint density at radius 3 is 2.54 bits per heavy atom. The van der Waals surface area contributed by atoms with Crippen LogP contribution in [-0.4, -0.2) is 45.1 Å². The lowest BCUT2D eigenvalue weighted by Crippen LogP contribution is -2.42. The molecule has 1 saturated heterocycles. The van der Waals surface area contributed by atoms with Crippen molar-refractivity contribution in [3.8, 4) is 0 Å². The molecule has 0 radical (unpaired) electrons. The molecule has 0 amide bonds. The van der Waals surface area contributed by atoms with Gasteiger partial charge in [-0.25, -0.2) is 9.97 Å². The van der Waals surface area contributed by atoms with E-state index in [1.54, 1.807) is 0 Å². The van der Waals surface area contributed by atoms with Crippen molar-refractivity contribution in [1.82, 2.24) is 14.9 Å². The van der Waals surface area contributed by atoms with Gasteiger partial charge in [0, 0.05) is 29.8 Å². The first-order valence-electron chi connectivity index (χ1n) is 9.42. The molecule has 2 fully saturated rings. The molecule has 1 N–H and O–H groups in total. The summed E-state index contributed by atoms with van der Waals surface area (Å²) in [6.45, 7) is 4.28. The maximum Gasteiger partial charge on any atom is 0.303 e. The number of hydrogen-bond donors (Lipinski definition) is 1. The quantitative estimate of drug-likeness (QED) is 0.896. The van der Waals surface area contributed by atoms with Crippen molar-refractivity contribution in [1.29, 1.82) is 0 Å². The molecule has 1 saturated carbocycles. The van der Waals surface area contributed by atoms with E-state index in [1.165, 1.54) is 32.1 Å². The molecule has 0 atom stereocenters. The molecule has 1 aromatic rings. The van der Waals surface area contributed by atoms with Gasteiger partial charge in [-0.1, -0.05) is 19.3 Å². The summed E-state index contributed by atoms with van der Waals surface area (Å²) in [5, 5.41) is 8.87. The van der Waals surface area contributed by atoms with Crippen molar-refractivity contribution >= 4 is 5.97 Å². The van der Waals surface area contributed by atoms with E-state index in [-0.39, 0.29) is 6.42 Å². The predicted octanol–water partition coefficient (Wildman–Crippen LogP) is 3.31. The van der Waals surface area contributed by atoms with Crippen LogP contribution in [0.5, 0.6) is 0 Å². The fourth-order valence-corrected chi connectivity index (χ4v) is 4.17. The molecule has 1 aliphatic heterocycles. The summed E-state index contributed by atoms with van der Waals surface area (Å²) in [4.78, 5) is 22.8. The maximum atomic E-state index is 10.8. The lowest BCUT2D eigenvalue weighted by molar-refractivity contribution is -0.136. The summed E-state index contributed by atoms with van der Waals surface area (Å²) in [6.07, 6.45) is 9.79. The Morgan fingerprint density at radius 1 is 1.17 bits per heavy atom. The fourth-order valence-electron chi connectivity index (χ4n) is 4.17. The lowest BCUT2D eigenvalue weighted by atomic mass is 9.90. The molecule has 3 rings (SSSR count). The summed E-state index contributed by atoms with van der Waals surface area (Å²) in [7, 11) is 0. The molecule has 24 heavy (non-hydrogen) atoms. The Balaban J connectivity index is 1.60. The predicted molar refractivity (Wildman–Crippen MR) is 93.1 cm³/mol. The zero-order chi connectivity index (χ0) is 16.9. The van der Waals surface area contributed by atoms with E-state index in [2.05, 4.69) is 14.9 Å². The van der Waals surface area contributed by atoms with Crippen LogP contribution >= 0.6 is 0 Å². The van der Waals surface area contributed by atoms with Crippen molar-refractivity contribution in [2.75, 3.05) is 13.1 Å². The van der Waals surface area contributed by atoms with E-state index in [4.69, 9.17) is 5.11 Å². The summed E-state index contributed by atoms with van der Waals surface area (Å²) in [5.41, 5.74) is 1.82. The largest absolute Gasteiger partial charge is 0.481 e. The summed E-state index contributed by atoms with van der Waals surface area (Å²) in [6, 6.07) is 2.72. The van der Waals surface area contributed by atoms with E-state index in [0.29, 0.717) is 12.3 Å². The minimum absolute atomic E-state index is 0.135. The second kappa shape index (κ2) is 8.06. The van der Waals surface area contributed by atoms with Gasteiger partial charge in [0.05, 0.1) is 6.42 Å². The number of aliphatic carboxylic acids is 1. The standard InChI is InChI=1S/C19H29N3O2/c1-14-13-16(7-8-18(23)24)21-19(20-14)15-9-11-22(12-10-15)17-5-3-2-4-6-17/h13,15,17H,2-12H2,1H3,(H,23,24). The van der Waals surface area contributed by atoms with Gasteiger partial charge in [0.1, 0.15) is 5.82 Å². The number of rotatable bonds is 5. The van der Waals surface area contributed by atoms with Gasteiger partial charge >= 0.3 is 5.97 Å². The van der Waals surface area contributed by atoms with Gasteiger partial charge in [0.2, 0.25) is 0 Å². The Labute approximate surface area is 144 Å². The second-order valence-corrected chi connectivity index (χ2v) is 7.35. The molecule has 2 heterocycles. The number of carboxylic acid groups (broad SMARTS) is 1. The SMILES string of the molecule is Cc1cc(CCC(=O)O)nc(C2CCN(C3CCCCC3)CC2)n1. The molecule has 132 valence electrons. The van der Waals surface area contributed by atoms with Crippen LogP contribution in [0.4, 0.5) is 0 Å². The van der Waals surface area contributed by atoms with Crippen molar-refractivity contribution in [2.24, 2.45) is 0 Å². The van der Waals surface area contributed by atoms with E-state index in [1.807, 2.05) is 13.0 Å². The number of hydrogen-bond acceptors (Lipinski definition) is 4. The minimum atomic E-state index is -0.770. The maximum absolute atomic E-state index is 10.8. The normalized spacial score (nSPS) is 21.0. The highest BCUT2D eigenvalue weighted by Crippen LogP contribution is 2.30. The highest BCUT2D eigenvalue weighted by atomic mass is 16.4. The van der Waals surface area contributed by atoms with Gasteiger partial charge in [-0.15, -0.1) is 0 Å². The highest BCUT2D eigenvalue weighted by Gasteiger charge is 2.28. The first-order valence-corrected chi connectivity index (χ1v) is 9.42. The average molecular weight is 331 g/mol. The smallest absolute Gasteiger partial charge is 0.303 e. The fraction of sp³-hybridized carbons (Fsp3) is 0.737. The zero-order valence-electron chi connectivity index (χ0n) is 14.7. The van der Waals surface area contributed by atoms with Gasteiger partial charge in [-0.2, -0.15) is 0 Å². The number of piperidine rings is 1. The molecule has 1 aromatic heterocycles. The van der Waals surface area contributed by atoms with Crippen LogP contribution in [0.1, 0.15) is 74.5 Å². The van der Waals surface area contributed by atoms with Crippen LogP contribution in [0.3, 0.4) is 0 Å². The third-order valence-corrected chi connectivity index (χ3v) is 5.51. The van der Waals surface area contributed by atoms with Gasteiger partial charge in [-0.05, 0) is 51.8 Å². The number of aryl methyl sites for hydroxylation is 2. The molecule has 0 bridgehead atoms. The summed E-state index contributed by atoms with van der Waals surface area (Å²) >= 11 is 0. The molecule has 0 unspecified atom stereocenters. The van der Waals surface area contributed by atoms with Crippen LogP contribution in [0.2, 0.25) is 0 Å². The van der Waals surface area contributed by atoms with Crippen molar-refractivity contribution in [3.63, 3.8) is 0 Å². The van der Waals surface area contributed by atoms with Gasteiger partial charge in [-0.3, -0.25) is 4.79 Å². The highest BCUT2D eigenvalue weighted by molar-refractivity contribution is 5.66. The first-order chi connectivity index (χ1) is 11.6. The monoisotopic (exact) mass is 331 g/mol. The molecule has 2 aliphatic rings. The molecule has 0 spiro atoms. The topological polar surface area (TPSA) is 66.3 Å².